The number of anilines is 2. The van der Waals surface area contributed by atoms with Gasteiger partial charge >= 0.3 is 5.97 Å². The average Bonchev–Trinajstić information content (AvgIpc) is 3.01. The number of hydrogen-bond donors (Lipinski definition) is 1. The summed E-state index contributed by atoms with van der Waals surface area (Å²) in [6.45, 7) is 4.71. The minimum absolute atomic E-state index is 0.0392. The van der Waals surface area contributed by atoms with Crippen LogP contribution in [-0.4, -0.2) is 60.4 Å². The van der Waals surface area contributed by atoms with Gasteiger partial charge < -0.3 is 19.9 Å². The number of fused-ring (bicyclic) bond motifs is 1. The SMILES string of the molecule is CCOC(=O)CC1=CC(SCC(=O)N2CCN(c3ccc(F)cc3)CC2)=Nc2ccccc2N1. The van der Waals surface area contributed by atoms with E-state index in [2.05, 4.69) is 10.2 Å². The standard InChI is InChI=1S/C25H27FN4O3S/c1-2-33-25(32)16-19-15-23(28-22-6-4-3-5-21(22)27-19)34-17-24(31)30-13-11-29(12-14-30)20-9-7-18(26)8-10-20/h3-10,15,27H,2,11-14,16-17H2,1H3. The molecule has 2 aromatic carbocycles. The molecule has 2 aromatic rings. The molecule has 34 heavy (non-hydrogen) atoms. The normalized spacial score (nSPS) is 15.5. The summed E-state index contributed by atoms with van der Waals surface area (Å²) in [5, 5.41) is 3.92. The zero-order valence-electron chi connectivity index (χ0n) is 19.0. The highest BCUT2D eigenvalue weighted by molar-refractivity contribution is 8.14. The van der Waals surface area contributed by atoms with E-state index in [-0.39, 0.29) is 29.9 Å². The molecule has 0 unspecified atom stereocenters. The smallest absolute Gasteiger partial charge is 0.311 e. The largest absolute Gasteiger partial charge is 0.466 e. The number of nitrogens with one attached hydrogen (secondary N) is 1. The fourth-order valence-electron chi connectivity index (χ4n) is 3.82. The van der Waals surface area contributed by atoms with E-state index >= 15 is 0 Å². The van der Waals surface area contributed by atoms with Gasteiger partial charge in [0.15, 0.2) is 0 Å². The number of carbonyl (C=O) groups is 2. The van der Waals surface area contributed by atoms with E-state index in [1.54, 1.807) is 25.1 Å². The van der Waals surface area contributed by atoms with Crippen molar-refractivity contribution in [2.45, 2.75) is 13.3 Å². The number of carbonyl (C=O) groups excluding carboxylic acids is 2. The summed E-state index contributed by atoms with van der Waals surface area (Å²) in [6.07, 6.45) is 1.91. The molecule has 1 amide bonds. The van der Waals surface area contributed by atoms with E-state index in [4.69, 9.17) is 9.73 Å². The molecule has 0 radical (unpaired) electrons. The number of amides is 1. The highest BCUT2D eigenvalue weighted by Crippen LogP contribution is 2.31. The van der Waals surface area contributed by atoms with Gasteiger partial charge in [-0.1, -0.05) is 23.9 Å². The lowest BCUT2D eigenvalue weighted by Gasteiger charge is -2.36. The van der Waals surface area contributed by atoms with Crippen molar-refractivity contribution in [1.82, 2.24) is 4.90 Å². The Morgan fingerprint density at radius 3 is 2.56 bits per heavy atom. The molecule has 178 valence electrons. The fourth-order valence-corrected chi connectivity index (χ4v) is 4.66. The van der Waals surface area contributed by atoms with Crippen LogP contribution in [0.2, 0.25) is 0 Å². The van der Waals surface area contributed by atoms with Gasteiger partial charge in [-0.15, -0.1) is 0 Å². The first-order valence-electron chi connectivity index (χ1n) is 11.2. The second kappa shape index (κ2) is 11.2. The molecule has 1 N–H and O–H groups in total. The Balaban J connectivity index is 1.37. The summed E-state index contributed by atoms with van der Waals surface area (Å²) in [5.74, 6) is -0.286. The first-order chi connectivity index (χ1) is 16.5. The number of hydrogen-bond acceptors (Lipinski definition) is 7. The molecule has 0 bridgehead atoms. The maximum absolute atomic E-state index is 13.2. The van der Waals surface area contributed by atoms with E-state index < -0.39 is 0 Å². The maximum Gasteiger partial charge on any atom is 0.311 e. The Kier molecular flexibility index (Phi) is 7.84. The number of halogens is 1. The molecule has 1 fully saturated rings. The van der Waals surface area contributed by atoms with Crippen molar-refractivity contribution in [2.75, 3.05) is 48.8 Å². The molecule has 2 aliphatic heterocycles. The monoisotopic (exact) mass is 482 g/mol. The second-order valence-electron chi connectivity index (χ2n) is 7.88. The fraction of sp³-hybridized carbons (Fsp3) is 0.320. The van der Waals surface area contributed by atoms with Crippen LogP contribution in [0.1, 0.15) is 13.3 Å². The summed E-state index contributed by atoms with van der Waals surface area (Å²) < 4.78 is 18.3. The lowest BCUT2D eigenvalue weighted by molar-refractivity contribution is -0.142. The van der Waals surface area contributed by atoms with Crippen LogP contribution in [0.4, 0.5) is 21.5 Å². The van der Waals surface area contributed by atoms with Crippen LogP contribution >= 0.6 is 11.8 Å². The summed E-state index contributed by atoms with van der Waals surface area (Å²) in [6, 6.07) is 14.0. The quantitative estimate of drug-likeness (QED) is 0.622. The van der Waals surface area contributed by atoms with Crippen molar-refractivity contribution in [2.24, 2.45) is 4.99 Å². The van der Waals surface area contributed by atoms with Crippen molar-refractivity contribution in [3.63, 3.8) is 0 Å². The van der Waals surface area contributed by atoms with E-state index in [9.17, 15) is 14.0 Å². The van der Waals surface area contributed by atoms with Crippen LogP contribution in [-0.2, 0) is 14.3 Å². The van der Waals surface area contributed by atoms with E-state index in [1.165, 1.54) is 23.9 Å². The van der Waals surface area contributed by atoms with Gasteiger partial charge in [-0.25, -0.2) is 9.38 Å². The lowest BCUT2D eigenvalue weighted by Crippen LogP contribution is -2.49. The third kappa shape index (κ3) is 6.17. The van der Waals surface area contributed by atoms with Crippen LogP contribution < -0.4 is 10.2 Å². The van der Waals surface area contributed by atoms with Gasteiger partial charge in [-0.2, -0.15) is 0 Å². The number of ether oxygens (including phenoxy) is 1. The topological polar surface area (TPSA) is 74.2 Å². The lowest BCUT2D eigenvalue weighted by atomic mass is 10.2. The molecule has 0 saturated carbocycles. The van der Waals surface area contributed by atoms with Gasteiger partial charge in [0.2, 0.25) is 5.91 Å². The summed E-state index contributed by atoms with van der Waals surface area (Å²) >= 11 is 1.35. The Labute approximate surface area is 202 Å². The summed E-state index contributed by atoms with van der Waals surface area (Å²) in [7, 11) is 0. The highest BCUT2D eigenvalue weighted by Gasteiger charge is 2.22. The first-order valence-corrected chi connectivity index (χ1v) is 12.2. The van der Waals surface area contributed by atoms with Crippen molar-refractivity contribution in [3.8, 4) is 0 Å². The summed E-state index contributed by atoms with van der Waals surface area (Å²) in [5.41, 5.74) is 3.19. The predicted octanol–water partition coefficient (Wildman–Crippen LogP) is 4.20. The zero-order chi connectivity index (χ0) is 23.9. The number of nitrogens with zero attached hydrogens (tertiary/aromatic N) is 3. The number of rotatable bonds is 6. The maximum atomic E-state index is 13.2. The molecule has 2 aliphatic rings. The number of piperazine rings is 1. The third-order valence-electron chi connectivity index (χ3n) is 5.54. The van der Waals surface area contributed by atoms with Crippen molar-refractivity contribution in [1.29, 1.82) is 0 Å². The molecule has 0 spiro atoms. The summed E-state index contributed by atoms with van der Waals surface area (Å²) in [4.78, 5) is 33.6. The molecular formula is C25H27FN4O3S. The van der Waals surface area contributed by atoms with Gasteiger partial charge in [-0.3, -0.25) is 9.59 Å². The predicted molar refractivity (Wildman–Crippen MR) is 134 cm³/mol. The number of benzene rings is 2. The van der Waals surface area contributed by atoms with Gasteiger partial charge in [0.1, 0.15) is 5.82 Å². The number of esters is 1. The van der Waals surface area contributed by atoms with Gasteiger partial charge in [0.05, 0.1) is 35.2 Å². The van der Waals surface area contributed by atoms with Gasteiger partial charge in [-0.05, 0) is 49.4 Å². The number of para-hydroxylation sites is 2. The average molecular weight is 483 g/mol. The second-order valence-corrected chi connectivity index (χ2v) is 8.87. The molecule has 2 heterocycles. The van der Waals surface area contributed by atoms with E-state index in [0.717, 1.165) is 17.1 Å². The van der Waals surface area contributed by atoms with Crippen molar-refractivity contribution < 1.29 is 18.7 Å². The highest BCUT2D eigenvalue weighted by atomic mass is 32.2. The molecular weight excluding hydrogens is 455 g/mol. The third-order valence-corrected chi connectivity index (χ3v) is 6.43. The van der Waals surface area contributed by atoms with Crippen LogP contribution in [0.3, 0.4) is 0 Å². The number of thioether (sulfide) groups is 1. The first kappa shape index (κ1) is 23.8. The Hall–Kier alpha value is -3.33. The van der Waals surface area contributed by atoms with E-state index in [1.807, 2.05) is 29.2 Å². The minimum atomic E-state index is -0.319. The Morgan fingerprint density at radius 2 is 1.82 bits per heavy atom. The van der Waals surface area contributed by atoms with Crippen LogP contribution in [0.15, 0.2) is 65.3 Å². The molecule has 0 aromatic heterocycles. The number of aliphatic imine (C=N–C) groups is 1. The molecule has 0 aliphatic carbocycles. The van der Waals surface area contributed by atoms with E-state index in [0.29, 0.717) is 43.5 Å². The minimum Gasteiger partial charge on any atom is -0.466 e. The molecule has 1 saturated heterocycles. The molecule has 7 nitrogen and oxygen atoms in total. The van der Waals surface area contributed by atoms with Crippen LogP contribution in [0.5, 0.6) is 0 Å². The van der Waals surface area contributed by atoms with Gasteiger partial charge in [0, 0.05) is 37.6 Å². The molecule has 9 heteroatoms. The van der Waals surface area contributed by atoms with Crippen molar-refractivity contribution in [3.05, 3.63) is 66.1 Å². The van der Waals surface area contributed by atoms with Crippen LogP contribution in [0, 0.1) is 5.82 Å². The van der Waals surface area contributed by atoms with Crippen LogP contribution in [0.25, 0.3) is 0 Å². The Morgan fingerprint density at radius 1 is 1.09 bits per heavy atom. The molecule has 4 rings (SSSR count). The van der Waals surface area contributed by atoms with Gasteiger partial charge in [0.25, 0.3) is 0 Å². The Bertz CT molecular complexity index is 1100. The zero-order valence-corrected chi connectivity index (χ0v) is 19.8. The van der Waals surface area contributed by atoms with Crippen molar-refractivity contribution >= 4 is 45.7 Å². The molecule has 0 atom stereocenters.